The monoisotopic (exact) mass is 246 g/mol. The zero-order valence-electron chi connectivity index (χ0n) is 10.5. The van der Waals surface area contributed by atoms with Gasteiger partial charge in [-0.1, -0.05) is 13.3 Å². The van der Waals surface area contributed by atoms with Crippen molar-refractivity contribution < 1.29 is 19.8 Å². The molecule has 3 N–H and O–H groups in total. The van der Waals surface area contributed by atoms with Crippen LogP contribution in [0.1, 0.15) is 26.7 Å². The Balaban J connectivity index is 4.14. The Morgan fingerprint density at radius 2 is 2.00 bits per heavy atom. The molecule has 0 aliphatic rings. The van der Waals surface area contributed by atoms with Gasteiger partial charge in [0.2, 0.25) is 0 Å². The average Bonchev–Trinajstić information content (AvgIpc) is 2.30. The fourth-order valence-corrected chi connectivity index (χ4v) is 1.51. The largest absolute Gasteiger partial charge is 0.481 e. The lowest BCUT2D eigenvalue weighted by Crippen LogP contribution is -2.44. The lowest BCUT2D eigenvalue weighted by atomic mass is 10.0. The first-order valence-corrected chi connectivity index (χ1v) is 5.93. The van der Waals surface area contributed by atoms with Gasteiger partial charge in [0.25, 0.3) is 0 Å². The van der Waals surface area contributed by atoms with Crippen LogP contribution in [0.3, 0.4) is 0 Å². The number of rotatable bonds is 8. The van der Waals surface area contributed by atoms with Crippen LogP contribution < -0.4 is 5.32 Å². The van der Waals surface area contributed by atoms with Gasteiger partial charge >= 0.3 is 12.0 Å². The Bertz CT molecular complexity index is 246. The number of urea groups is 1. The number of aliphatic carboxylic acids is 1. The molecule has 1 atom stereocenters. The van der Waals surface area contributed by atoms with Gasteiger partial charge in [-0.05, 0) is 13.3 Å². The number of aliphatic hydroxyl groups is 1. The predicted octanol–water partition coefficient (Wildman–Crippen LogP) is 0.511. The van der Waals surface area contributed by atoms with Crippen molar-refractivity contribution in [1.82, 2.24) is 10.2 Å². The molecular weight excluding hydrogens is 224 g/mol. The van der Waals surface area contributed by atoms with E-state index < -0.39 is 11.9 Å². The van der Waals surface area contributed by atoms with Gasteiger partial charge in [0.05, 0.1) is 12.5 Å². The summed E-state index contributed by atoms with van der Waals surface area (Å²) < 4.78 is 0. The minimum Gasteiger partial charge on any atom is -0.481 e. The standard InChI is InChI=1S/C11H22N2O4/c1-3-5-9(10(15)16)8-12-11(17)13(4-2)6-7-14/h9,14H,3-8H2,1-2H3,(H,12,17)(H,15,16). The molecule has 0 saturated carbocycles. The molecule has 100 valence electrons. The third kappa shape index (κ3) is 6.11. The van der Waals surface area contributed by atoms with E-state index in [1.807, 2.05) is 6.92 Å². The van der Waals surface area contributed by atoms with Crippen LogP contribution in [0.5, 0.6) is 0 Å². The second kappa shape index (κ2) is 8.81. The Labute approximate surface area is 102 Å². The summed E-state index contributed by atoms with van der Waals surface area (Å²) in [5.74, 6) is -1.44. The Hall–Kier alpha value is -1.30. The number of hydrogen-bond donors (Lipinski definition) is 3. The summed E-state index contributed by atoms with van der Waals surface area (Å²) in [5.41, 5.74) is 0. The van der Waals surface area contributed by atoms with E-state index in [4.69, 9.17) is 10.2 Å². The molecule has 0 aliphatic heterocycles. The van der Waals surface area contributed by atoms with Gasteiger partial charge in [0.15, 0.2) is 0 Å². The minimum atomic E-state index is -0.891. The van der Waals surface area contributed by atoms with E-state index in [9.17, 15) is 9.59 Å². The SMILES string of the molecule is CCCC(CNC(=O)N(CC)CCO)C(=O)O. The average molecular weight is 246 g/mol. The molecule has 0 aromatic rings. The number of aliphatic hydroxyl groups excluding tert-OH is 1. The summed E-state index contributed by atoms with van der Waals surface area (Å²) in [6, 6.07) is -0.330. The highest BCUT2D eigenvalue weighted by Crippen LogP contribution is 2.05. The smallest absolute Gasteiger partial charge is 0.317 e. The quantitative estimate of drug-likeness (QED) is 0.582. The number of likely N-dealkylation sites (N-methyl/N-ethyl adjacent to an activating group) is 1. The fraction of sp³-hybridized carbons (Fsp3) is 0.818. The highest BCUT2D eigenvalue weighted by Gasteiger charge is 2.18. The van der Waals surface area contributed by atoms with Crippen molar-refractivity contribution in [2.75, 3.05) is 26.2 Å². The molecule has 6 heteroatoms. The van der Waals surface area contributed by atoms with E-state index >= 15 is 0 Å². The third-order valence-electron chi connectivity index (χ3n) is 2.52. The van der Waals surface area contributed by atoms with E-state index in [1.54, 1.807) is 6.92 Å². The molecule has 2 amide bonds. The summed E-state index contributed by atoms with van der Waals surface area (Å²) >= 11 is 0. The zero-order chi connectivity index (χ0) is 13.3. The fourth-order valence-electron chi connectivity index (χ4n) is 1.51. The van der Waals surface area contributed by atoms with Crippen molar-refractivity contribution in [3.8, 4) is 0 Å². The first kappa shape index (κ1) is 15.7. The highest BCUT2D eigenvalue weighted by atomic mass is 16.4. The van der Waals surface area contributed by atoms with Crippen LogP contribution in [0.2, 0.25) is 0 Å². The van der Waals surface area contributed by atoms with E-state index in [0.29, 0.717) is 13.0 Å². The molecule has 0 aromatic carbocycles. The van der Waals surface area contributed by atoms with Crippen LogP contribution in [0.15, 0.2) is 0 Å². The Morgan fingerprint density at radius 1 is 1.35 bits per heavy atom. The second-order valence-electron chi connectivity index (χ2n) is 3.81. The number of amides is 2. The summed E-state index contributed by atoms with van der Waals surface area (Å²) in [6.45, 7) is 4.48. The second-order valence-corrected chi connectivity index (χ2v) is 3.81. The van der Waals surface area contributed by atoms with E-state index in [-0.39, 0.29) is 25.7 Å². The van der Waals surface area contributed by atoms with Crippen molar-refractivity contribution in [1.29, 1.82) is 0 Å². The summed E-state index contributed by atoms with van der Waals surface area (Å²) in [7, 11) is 0. The van der Waals surface area contributed by atoms with Crippen LogP contribution in [0, 0.1) is 5.92 Å². The first-order valence-electron chi connectivity index (χ1n) is 5.93. The van der Waals surface area contributed by atoms with Gasteiger partial charge in [-0.3, -0.25) is 4.79 Å². The zero-order valence-corrected chi connectivity index (χ0v) is 10.5. The molecule has 0 heterocycles. The maximum absolute atomic E-state index is 11.6. The molecule has 0 bridgehead atoms. The van der Waals surface area contributed by atoms with E-state index in [0.717, 1.165) is 6.42 Å². The van der Waals surface area contributed by atoms with Gasteiger partial charge in [-0.2, -0.15) is 0 Å². The molecule has 6 nitrogen and oxygen atoms in total. The molecule has 0 saturated heterocycles. The van der Waals surface area contributed by atoms with Crippen molar-refractivity contribution in [3.05, 3.63) is 0 Å². The number of carbonyl (C=O) groups is 2. The molecule has 0 spiro atoms. The van der Waals surface area contributed by atoms with Crippen LogP contribution in [-0.4, -0.2) is 53.4 Å². The summed E-state index contributed by atoms with van der Waals surface area (Å²) in [5, 5.41) is 20.2. The van der Waals surface area contributed by atoms with Crippen LogP contribution in [0.25, 0.3) is 0 Å². The molecule has 0 fully saturated rings. The van der Waals surface area contributed by atoms with Crippen molar-refractivity contribution in [3.63, 3.8) is 0 Å². The highest BCUT2D eigenvalue weighted by molar-refractivity contribution is 5.76. The third-order valence-corrected chi connectivity index (χ3v) is 2.52. The number of carbonyl (C=O) groups excluding carboxylic acids is 1. The molecule has 0 rings (SSSR count). The van der Waals surface area contributed by atoms with E-state index in [2.05, 4.69) is 5.32 Å². The molecular formula is C11H22N2O4. The normalized spacial score (nSPS) is 11.9. The molecule has 0 radical (unpaired) electrons. The molecule has 1 unspecified atom stereocenters. The van der Waals surface area contributed by atoms with Gasteiger partial charge in [-0.15, -0.1) is 0 Å². The molecule has 0 aromatic heterocycles. The van der Waals surface area contributed by atoms with E-state index in [1.165, 1.54) is 4.90 Å². The lowest BCUT2D eigenvalue weighted by molar-refractivity contribution is -0.141. The van der Waals surface area contributed by atoms with Crippen molar-refractivity contribution >= 4 is 12.0 Å². The Kier molecular flexibility index (Phi) is 8.13. The number of carboxylic acids is 1. The van der Waals surface area contributed by atoms with Gasteiger partial charge < -0.3 is 20.4 Å². The van der Waals surface area contributed by atoms with Crippen LogP contribution in [0.4, 0.5) is 4.79 Å². The summed E-state index contributed by atoms with van der Waals surface area (Å²) in [4.78, 5) is 23.9. The topological polar surface area (TPSA) is 89.9 Å². The van der Waals surface area contributed by atoms with Crippen LogP contribution >= 0.6 is 0 Å². The lowest BCUT2D eigenvalue weighted by Gasteiger charge is -2.21. The van der Waals surface area contributed by atoms with Crippen LogP contribution in [-0.2, 0) is 4.79 Å². The number of nitrogens with zero attached hydrogens (tertiary/aromatic N) is 1. The maximum atomic E-state index is 11.6. The van der Waals surface area contributed by atoms with Crippen molar-refractivity contribution in [2.45, 2.75) is 26.7 Å². The number of hydrogen-bond acceptors (Lipinski definition) is 3. The summed E-state index contributed by atoms with van der Waals surface area (Å²) in [6.07, 6.45) is 1.31. The predicted molar refractivity (Wildman–Crippen MR) is 63.8 cm³/mol. The van der Waals surface area contributed by atoms with Gasteiger partial charge in [0, 0.05) is 19.6 Å². The molecule has 17 heavy (non-hydrogen) atoms. The molecule has 0 aliphatic carbocycles. The van der Waals surface area contributed by atoms with Crippen molar-refractivity contribution in [2.24, 2.45) is 5.92 Å². The van der Waals surface area contributed by atoms with Gasteiger partial charge in [0.1, 0.15) is 0 Å². The first-order chi connectivity index (χ1) is 8.06. The number of carboxylic acid groups (broad SMARTS) is 1. The van der Waals surface area contributed by atoms with Gasteiger partial charge in [-0.25, -0.2) is 4.79 Å². The Morgan fingerprint density at radius 3 is 2.41 bits per heavy atom. The number of nitrogens with one attached hydrogen (secondary N) is 1. The maximum Gasteiger partial charge on any atom is 0.317 e. The minimum absolute atomic E-state index is 0.0986.